The van der Waals surface area contributed by atoms with Crippen molar-refractivity contribution in [3.8, 4) is 5.75 Å². The molecule has 4 aliphatic rings. The number of likely N-dealkylation sites (tertiary alicyclic amines) is 1. The van der Waals surface area contributed by atoms with Crippen molar-refractivity contribution < 1.29 is 23.8 Å². The molecule has 1 aliphatic heterocycles. The molecule has 4 atom stereocenters. The van der Waals surface area contributed by atoms with Crippen molar-refractivity contribution in [2.24, 2.45) is 11.8 Å². The Hall–Kier alpha value is -3.64. The maximum absolute atomic E-state index is 14.6. The van der Waals surface area contributed by atoms with Crippen LogP contribution in [-0.2, 0) is 31.0 Å². The van der Waals surface area contributed by atoms with Gasteiger partial charge >= 0.3 is 5.97 Å². The Morgan fingerprint density at radius 2 is 1.51 bits per heavy atom. The van der Waals surface area contributed by atoms with Crippen molar-refractivity contribution >= 4 is 11.9 Å². The lowest BCUT2D eigenvalue weighted by molar-refractivity contribution is -0.150. The molecule has 6 heteroatoms. The standard InChI is InChI=1S/C31H31NO5/c1-18(35-2)31-23-11-7-5-9-21(23)25(22-10-6-8-12-24(22)31)26-27(31)29(33)32(28(26)30(34)37-4)17-19-13-15-20(36-3)16-14-19/h5-16,18,25-28H,17H2,1-4H3/t18-,25?,26-,27+,28-,31?/m0/s1. The second-order valence-corrected chi connectivity index (χ2v) is 10.2. The van der Waals surface area contributed by atoms with Crippen LogP contribution in [0.1, 0.15) is 40.7 Å². The van der Waals surface area contributed by atoms with Crippen molar-refractivity contribution in [3.63, 3.8) is 0 Å². The molecule has 3 aromatic rings. The molecule has 37 heavy (non-hydrogen) atoms. The number of carbonyl (C=O) groups excluding carboxylic acids is 2. The highest BCUT2D eigenvalue weighted by atomic mass is 16.5. The van der Waals surface area contributed by atoms with Crippen LogP contribution in [-0.4, -0.2) is 50.3 Å². The Labute approximate surface area is 217 Å². The second kappa shape index (κ2) is 8.73. The largest absolute Gasteiger partial charge is 0.497 e. The number of amides is 1. The summed E-state index contributed by atoms with van der Waals surface area (Å²) in [6.07, 6.45) is -0.299. The smallest absolute Gasteiger partial charge is 0.328 e. The number of esters is 1. The summed E-state index contributed by atoms with van der Waals surface area (Å²) in [6.45, 7) is 2.36. The molecule has 3 aromatic carbocycles. The van der Waals surface area contributed by atoms with E-state index in [1.54, 1.807) is 19.1 Å². The van der Waals surface area contributed by atoms with Gasteiger partial charge in [-0.1, -0.05) is 60.7 Å². The molecule has 0 N–H and O–H groups in total. The molecule has 0 unspecified atom stereocenters. The minimum atomic E-state index is -0.723. The van der Waals surface area contributed by atoms with Gasteiger partial charge in [-0.25, -0.2) is 4.79 Å². The highest BCUT2D eigenvalue weighted by Gasteiger charge is 2.70. The summed E-state index contributed by atoms with van der Waals surface area (Å²) < 4.78 is 16.7. The van der Waals surface area contributed by atoms with E-state index in [9.17, 15) is 9.59 Å². The third-order valence-electron chi connectivity index (χ3n) is 8.94. The molecule has 1 amide bonds. The third kappa shape index (κ3) is 3.08. The highest BCUT2D eigenvalue weighted by Crippen LogP contribution is 2.66. The van der Waals surface area contributed by atoms with Crippen molar-refractivity contribution in [2.75, 3.05) is 21.3 Å². The molecule has 6 nitrogen and oxygen atoms in total. The van der Waals surface area contributed by atoms with Gasteiger partial charge in [0.2, 0.25) is 5.91 Å². The van der Waals surface area contributed by atoms with Crippen LogP contribution in [0, 0.1) is 11.8 Å². The summed E-state index contributed by atoms with van der Waals surface area (Å²) in [5.41, 5.74) is 4.78. The van der Waals surface area contributed by atoms with Gasteiger partial charge in [-0.3, -0.25) is 4.79 Å². The lowest BCUT2D eigenvalue weighted by atomic mass is 9.45. The average molecular weight is 498 g/mol. The SMILES string of the molecule is COC(=O)[C@@H]1[C@H]2C3c4ccccc4C([C@H](C)OC)(c4ccccc43)[C@H]2C(=O)N1Cc1ccc(OC)cc1. The quantitative estimate of drug-likeness (QED) is 0.476. The third-order valence-corrected chi connectivity index (χ3v) is 8.94. The first-order valence-electron chi connectivity index (χ1n) is 12.7. The first-order valence-corrected chi connectivity index (χ1v) is 12.7. The topological polar surface area (TPSA) is 65.1 Å². The molecule has 0 aromatic heterocycles. The zero-order valence-corrected chi connectivity index (χ0v) is 21.5. The lowest BCUT2D eigenvalue weighted by Gasteiger charge is -2.57. The van der Waals surface area contributed by atoms with Crippen molar-refractivity contribution in [1.82, 2.24) is 4.90 Å². The summed E-state index contributed by atoms with van der Waals surface area (Å²) in [4.78, 5) is 29.8. The average Bonchev–Trinajstić information content (AvgIpc) is 3.24. The maximum Gasteiger partial charge on any atom is 0.328 e. The number of hydrogen-bond acceptors (Lipinski definition) is 5. The zero-order chi connectivity index (χ0) is 25.9. The summed E-state index contributed by atoms with van der Waals surface area (Å²) in [5.74, 6) is -0.504. The maximum atomic E-state index is 14.6. The predicted octanol–water partition coefficient (Wildman–Crippen LogP) is 4.29. The fourth-order valence-electron chi connectivity index (χ4n) is 7.48. The van der Waals surface area contributed by atoms with Gasteiger partial charge in [0, 0.05) is 25.5 Å². The van der Waals surface area contributed by atoms with Crippen LogP contribution in [0.2, 0.25) is 0 Å². The van der Waals surface area contributed by atoms with Crippen molar-refractivity contribution in [1.29, 1.82) is 0 Å². The van der Waals surface area contributed by atoms with Crippen LogP contribution in [0.15, 0.2) is 72.8 Å². The molecule has 1 fully saturated rings. The number of nitrogens with zero attached hydrogens (tertiary/aromatic N) is 1. The van der Waals surface area contributed by atoms with Crippen LogP contribution in [0.25, 0.3) is 0 Å². The lowest BCUT2D eigenvalue weighted by Crippen LogP contribution is -2.59. The monoisotopic (exact) mass is 497 g/mol. The highest BCUT2D eigenvalue weighted by molar-refractivity contribution is 5.94. The van der Waals surface area contributed by atoms with Gasteiger partial charge in [0.1, 0.15) is 11.8 Å². The molecule has 0 spiro atoms. The van der Waals surface area contributed by atoms with Crippen LogP contribution >= 0.6 is 0 Å². The van der Waals surface area contributed by atoms with E-state index in [0.29, 0.717) is 6.54 Å². The number of benzene rings is 3. The van der Waals surface area contributed by atoms with E-state index in [1.165, 1.54) is 18.2 Å². The summed E-state index contributed by atoms with van der Waals surface area (Å²) in [5, 5.41) is 0. The molecule has 0 saturated carbocycles. The van der Waals surface area contributed by atoms with E-state index in [4.69, 9.17) is 14.2 Å². The number of rotatable bonds is 6. The minimum absolute atomic E-state index is 0.0332. The Balaban J connectivity index is 1.58. The fraction of sp³-hybridized carbons (Fsp3) is 0.355. The van der Waals surface area contributed by atoms with Crippen molar-refractivity contribution in [2.45, 2.75) is 36.9 Å². The molecule has 7 rings (SSSR count). The van der Waals surface area contributed by atoms with Crippen LogP contribution in [0.5, 0.6) is 5.75 Å². The van der Waals surface area contributed by atoms with Gasteiger partial charge in [-0.2, -0.15) is 0 Å². The summed E-state index contributed by atoms with van der Waals surface area (Å²) in [6, 6.07) is 23.6. The molecule has 1 heterocycles. The number of methoxy groups -OCH3 is 3. The second-order valence-electron chi connectivity index (χ2n) is 10.2. The molecular formula is C31H31NO5. The molecule has 0 radical (unpaired) electrons. The van der Waals surface area contributed by atoms with Crippen LogP contribution in [0.4, 0.5) is 0 Å². The van der Waals surface area contributed by atoms with Crippen LogP contribution < -0.4 is 4.74 Å². The van der Waals surface area contributed by atoms with E-state index < -0.39 is 17.4 Å². The van der Waals surface area contributed by atoms with Crippen LogP contribution in [0.3, 0.4) is 0 Å². The fourth-order valence-corrected chi connectivity index (χ4v) is 7.48. The molecule has 1 saturated heterocycles. The van der Waals surface area contributed by atoms with Gasteiger partial charge in [0.05, 0.1) is 31.7 Å². The van der Waals surface area contributed by atoms with Gasteiger partial charge < -0.3 is 19.1 Å². The van der Waals surface area contributed by atoms with Crippen molar-refractivity contribution in [3.05, 3.63) is 101 Å². The van der Waals surface area contributed by atoms with Gasteiger partial charge in [-0.15, -0.1) is 0 Å². The Kier molecular flexibility index (Phi) is 5.60. The van der Waals surface area contributed by atoms with Gasteiger partial charge in [-0.05, 0) is 46.9 Å². The number of hydrogen-bond donors (Lipinski definition) is 0. The Morgan fingerprint density at radius 1 is 0.919 bits per heavy atom. The van der Waals surface area contributed by atoms with E-state index in [0.717, 1.165) is 22.4 Å². The predicted molar refractivity (Wildman–Crippen MR) is 138 cm³/mol. The molecule has 3 aliphatic carbocycles. The van der Waals surface area contributed by atoms with E-state index in [-0.39, 0.29) is 29.8 Å². The number of ether oxygens (including phenoxy) is 3. The Morgan fingerprint density at radius 3 is 2.05 bits per heavy atom. The van der Waals surface area contributed by atoms with E-state index in [2.05, 4.69) is 24.3 Å². The molecule has 2 bridgehead atoms. The zero-order valence-electron chi connectivity index (χ0n) is 21.5. The molecule has 190 valence electrons. The number of carbonyl (C=O) groups is 2. The summed E-state index contributed by atoms with van der Waals surface area (Å²) in [7, 11) is 4.73. The first-order chi connectivity index (χ1) is 18.0. The molecular weight excluding hydrogens is 466 g/mol. The van der Waals surface area contributed by atoms with E-state index >= 15 is 0 Å². The Bertz CT molecular complexity index is 1320. The normalized spacial score (nSPS) is 27.8. The first kappa shape index (κ1) is 23.7. The summed E-state index contributed by atoms with van der Waals surface area (Å²) >= 11 is 0. The minimum Gasteiger partial charge on any atom is -0.497 e. The van der Waals surface area contributed by atoms with E-state index in [1.807, 2.05) is 55.5 Å². The van der Waals surface area contributed by atoms with Gasteiger partial charge in [0.15, 0.2) is 0 Å². The van der Waals surface area contributed by atoms with Gasteiger partial charge in [0.25, 0.3) is 0 Å².